The van der Waals surface area contributed by atoms with E-state index in [1.165, 1.54) is 11.6 Å². The Morgan fingerprint density at radius 2 is 1.81 bits per heavy atom. The molecule has 4 aromatic rings. The summed E-state index contributed by atoms with van der Waals surface area (Å²) in [6, 6.07) is 17.5. The molecule has 0 saturated heterocycles. The lowest BCUT2D eigenvalue weighted by atomic mass is 10.1. The molecule has 0 spiro atoms. The Balaban J connectivity index is 1.33. The number of amides is 1. The molecule has 31 heavy (non-hydrogen) atoms. The number of fused-ring (bicyclic) bond motifs is 2. The van der Waals surface area contributed by atoms with Gasteiger partial charge in [0.25, 0.3) is 0 Å². The summed E-state index contributed by atoms with van der Waals surface area (Å²) < 4.78 is 13.1. The van der Waals surface area contributed by atoms with Gasteiger partial charge >= 0.3 is 0 Å². The first-order chi connectivity index (χ1) is 15.1. The molecule has 6 nitrogen and oxygen atoms in total. The molecule has 1 N–H and O–H groups in total. The highest BCUT2D eigenvalue weighted by Crippen LogP contribution is 2.34. The quantitative estimate of drug-likeness (QED) is 0.493. The summed E-state index contributed by atoms with van der Waals surface area (Å²) in [6.07, 6.45) is 7.11. The van der Waals surface area contributed by atoms with Crippen molar-refractivity contribution in [2.24, 2.45) is 0 Å². The van der Waals surface area contributed by atoms with Gasteiger partial charge in [0.15, 0.2) is 11.5 Å². The highest BCUT2D eigenvalue weighted by molar-refractivity contribution is 6.01. The summed E-state index contributed by atoms with van der Waals surface area (Å²) in [6.45, 7) is 3.14. The number of ether oxygens (including phenoxy) is 2. The predicted octanol–water partition coefficient (Wildman–Crippen LogP) is 4.73. The largest absolute Gasteiger partial charge is 0.486 e. The van der Waals surface area contributed by atoms with Gasteiger partial charge < -0.3 is 19.2 Å². The van der Waals surface area contributed by atoms with Crippen LogP contribution in [0.15, 0.2) is 73.1 Å². The van der Waals surface area contributed by atoms with Crippen LogP contribution in [0.5, 0.6) is 11.5 Å². The Labute approximate surface area is 179 Å². The summed E-state index contributed by atoms with van der Waals surface area (Å²) >= 11 is 0. The second-order valence-electron chi connectivity index (χ2n) is 7.40. The monoisotopic (exact) mass is 411 g/mol. The summed E-state index contributed by atoms with van der Waals surface area (Å²) in [5, 5.41) is 2.89. The maximum atomic E-state index is 12.3. The summed E-state index contributed by atoms with van der Waals surface area (Å²) in [7, 11) is 0. The molecule has 0 radical (unpaired) electrons. The maximum absolute atomic E-state index is 12.3. The van der Waals surface area contributed by atoms with E-state index in [2.05, 4.69) is 10.3 Å². The molecule has 0 atom stereocenters. The van der Waals surface area contributed by atoms with Gasteiger partial charge in [-0.15, -0.1) is 0 Å². The average Bonchev–Trinajstić information content (AvgIpc) is 3.22. The highest BCUT2D eigenvalue weighted by atomic mass is 16.6. The maximum Gasteiger partial charge on any atom is 0.248 e. The number of anilines is 1. The third-order valence-electron chi connectivity index (χ3n) is 5.06. The lowest BCUT2D eigenvalue weighted by Crippen LogP contribution is -2.15. The summed E-state index contributed by atoms with van der Waals surface area (Å²) in [5.74, 6) is 1.30. The van der Waals surface area contributed by atoms with Crippen LogP contribution in [0.2, 0.25) is 0 Å². The van der Waals surface area contributed by atoms with Crippen LogP contribution in [0, 0.1) is 6.92 Å². The van der Waals surface area contributed by atoms with Crippen molar-refractivity contribution >= 4 is 23.3 Å². The van der Waals surface area contributed by atoms with Gasteiger partial charge in [-0.25, -0.2) is 4.98 Å². The van der Waals surface area contributed by atoms with Crippen LogP contribution in [0.1, 0.15) is 11.1 Å². The molecule has 6 heteroatoms. The van der Waals surface area contributed by atoms with Crippen molar-refractivity contribution < 1.29 is 14.3 Å². The van der Waals surface area contributed by atoms with Crippen molar-refractivity contribution in [1.29, 1.82) is 0 Å². The van der Waals surface area contributed by atoms with Crippen LogP contribution < -0.4 is 14.8 Å². The fourth-order valence-corrected chi connectivity index (χ4v) is 3.44. The zero-order valence-corrected chi connectivity index (χ0v) is 17.0. The Hall–Kier alpha value is -4.06. The number of nitrogens with zero attached hydrogens (tertiary/aromatic N) is 2. The Morgan fingerprint density at radius 3 is 2.65 bits per heavy atom. The van der Waals surface area contributed by atoms with Gasteiger partial charge in [0.2, 0.25) is 5.91 Å². The van der Waals surface area contributed by atoms with E-state index in [1.807, 2.05) is 78.3 Å². The minimum atomic E-state index is -0.188. The van der Waals surface area contributed by atoms with Gasteiger partial charge in [-0.1, -0.05) is 29.8 Å². The molecule has 2 aromatic carbocycles. The minimum Gasteiger partial charge on any atom is -0.486 e. The van der Waals surface area contributed by atoms with Crippen molar-refractivity contribution in [3.63, 3.8) is 0 Å². The molecule has 5 rings (SSSR count). The molecule has 0 bridgehead atoms. The summed E-state index contributed by atoms with van der Waals surface area (Å²) in [5.41, 5.74) is 5.41. The fraction of sp³-hybridized carbons (Fsp3) is 0.120. The van der Waals surface area contributed by atoms with E-state index in [-0.39, 0.29) is 5.91 Å². The molecule has 0 fully saturated rings. The van der Waals surface area contributed by atoms with Gasteiger partial charge in [-0.05, 0) is 48.9 Å². The normalized spacial score (nSPS) is 12.9. The van der Waals surface area contributed by atoms with E-state index in [0.717, 1.165) is 34.0 Å². The number of benzene rings is 2. The number of aromatic nitrogens is 2. The first-order valence-corrected chi connectivity index (χ1v) is 10.1. The number of imidazole rings is 1. The lowest BCUT2D eigenvalue weighted by Gasteiger charge is -2.18. The van der Waals surface area contributed by atoms with Crippen molar-refractivity contribution in [2.45, 2.75) is 6.92 Å². The third-order valence-corrected chi connectivity index (χ3v) is 5.06. The Bertz CT molecular complexity index is 1290. The van der Waals surface area contributed by atoms with E-state index in [0.29, 0.717) is 18.9 Å². The van der Waals surface area contributed by atoms with Crippen LogP contribution in [0.4, 0.5) is 5.69 Å². The molecule has 0 aliphatic carbocycles. The Morgan fingerprint density at radius 1 is 1.00 bits per heavy atom. The fourth-order valence-electron chi connectivity index (χ4n) is 3.44. The molecule has 154 valence electrons. The van der Waals surface area contributed by atoms with Gasteiger partial charge in [-0.3, -0.25) is 4.79 Å². The Kier molecular flexibility index (Phi) is 4.88. The van der Waals surface area contributed by atoms with Gasteiger partial charge in [-0.2, -0.15) is 0 Å². The first kappa shape index (κ1) is 18.9. The molecule has 1 aliphatic heterocycles. The average molecular weight is 411 g/mol. The highest BCUT2D eigenvalue weighted by Gasteiger charge is 2.14. The molecule has 2 aromatic heterocycles. The second kappa shape index (κ2) is 7.99. The standard InChI is InChI=1S/C25H21N3O3/c1-17-2-4-18(5-3-17)6-11-25(29)26-20-8-10-24-27-21(16-28(24)15-20)19-7-9-22-23(14-19)31-13-12-30-22/h2-11,14-16H,12-13H2,1H3,(H,26,29)/b11-6+. The van der Waals surface area contributed by atoms with Crippen LogP contribution in [0.3, 0.4) is 0 Å². The molecule has 0 unspecified atom stereocenters. The van der Waals surface area contributed by atoms with E-state index in [9.17, 15) is 4.79 Å². The van der Waals surface area contributed by atoms with Gasteiger partial charge in [0, 0.05) is 24.0 Å². The van der Waals surface area contributed by atoms with Crippen molar-refractivity contribution in [2.75, 3.05) is 18.5 Å². The number of nitrogens with one attached hydrogen (secondary N) is 1. The number of aryl methyl sites for hydroxylation is 1. The van der Waals surface area contributed by atoms with E-state index < -0.39 is 0 Å². The van der Waals surface area contributed by atoms with Crippen molar-refractivity contribution in [3.8, 4) is 22.8 Å². The first-order valence-electron chi connectivity index (χ1n) is 10.1. The van der Waals surface area contributed by atoms with Crippen molar-refractivity contribution in [3.05, 3.63) is 84.2 Å². The molecule has 0 saturated carbocycles. The van der Waals surface area contributed by atoms with E-state index >= 15 is 0 Å². The topological polar surface area (TPSA) is 64.9 Å². The number of carbonyl (C=O) groups is 1. The lowest BCUT2D eigenvalue weighted by molar-refractivity contribution is -0.111. The number of hydrogen-bond donors (Lipinski definition) is 1. The van der Waals surface area contributed by atoms with Gasteiger partial charge in [0.1, 0.15) is 18.9 Å². The number of hydrogen-bond acceptors (Lipinski definition) is 4. The molecular weight excluding hydrogens is 390 g/mol. The second-order valence-corrected chi connectivity index (χ2v) is 7.40. The van der Waals surface area contributed by atoms with Gasteiger partial charge in [0.05, 0.1) is 11.4 Å². The SMILES string of the molecule is Cc1ccc(/C=C/C(=O)Nc2ccc3nc(-c4ccc5c(c4)OCCO5)cn3c2)cc1. The van der Waals surface area contributed by atoms with Crippen LogP contribution in [-0.2, 0) is 4.79 Å². The number of carbonyl (C=O) groups excluding carboxylic acids is 1. The molecule has 3 heterocycles. The molecule has 1 aliphatic rings. The van der Waals surface area contributed by atoms with Crippen LogP contribution in [-0.4, -0.2) is 28.5 Å². The predicted molar refractivity (Wildman–Crippen MR) is 120 cm³/mol. The third kappa shape index (κ3) is 4.14. The minimum absolute atomic E-state index is 0.188. The molecular formula is C25H21N3O3. The number of pyridine rings is 1. The van der Waals surface area contributed by atoms with E-state index in [1.54, 1.807) is 6.08 Å². The van der Waals surface area contributed by atoms with E-state index in [4.69, 9.17) is 9.47 Å². The summed E-state index contributed by atoms with van der Waals surface area (Å²) in [4.78, 5) is 17.0. The number of rotatable bonds is 4. The smallest absolute Gasteiger partial charge is 0.248 e. The zero-order chi connectivity index (χ0) is 21.2. The van der Waals surface area contributed by atoms with Crippen LogP contribution in [0.25, 0.3) is 23.0 Å². The molecule has 1 amide bonds. The van der Waals surface area contributed by atoms with Crippen molar-refractivity contribution in [1.82, 2.24) is 9.38 Å². The zero-order valence-electron chi connectivity index (χ0n) is 17.0. The van der Waals surface area contributed by atoms with Crippen LogP contribution >= 0.6 is 0 Å².